The van der Waals surface area contributed by atoms with Crippen molar-refractivity contribution in [1.82, 2.24) is 10.5 Å². The minimum atomic E-state index is -0.0463. The fourth-order valence-corrected chi connectivity index (χ4v) is 3.30. The van der Waals surface area contributed by atoms with Crippen LogP contribution in [0.5, 0.6) is 11.5 Å². The molecule has 1 N–H and O–H groups in total. The predicted octanol–water partition coefficient (Wildman–Crippen LogP) is 3.75. The van der Waals surface area contributed by atoms with E-state index in [1.165, 1.54) is 0 Å². The number of carbonyl (C=O) groups is 1. The van der Waals surface area contributed by atoms with E-state index in [9.17, 15) is 4.79 Å². The van der Waals surface area contributed by atoms with E-state index >= 15 is 0 Å². The van der Waals surface area contributed by atoms with Crippen molar-refractivity contribution in [3.05, 3.63) is 77.7 Å². The molecule has 0 radical (unpaired) electrons. The lowest BCUT2D eigenvalue weighted by Gasteiger charge is -2.08. The van der Waals surface area contributed by atoms with Crippen LogP contribution in [-0.2, 0) is 22.4 Å². The fourth-order valence-electron chi connectivity index (χ4n) is 3.30. The second-order valence-corrected chi connectivity index (χ2v) is 7.23. The first-order chi connectivity index (χ1) is 14.2. The molecule has 1 atom stereocenters. The molecule has 0 spiro atoms. The van der Waals surface area contributed by atoms with Gasteiger partial charge in [0.15, 0.2) is 0 Å². The highest BCUT2D eigenvalue weighted by molar-refractivity contribution is 5.78. The average molecular weight is 392 g/mol. The molecule has 2 heterocycles. The minimum Gasteiger partial charge on any atom is -0.457 e. The van der Waals surface area contributed by atoms with E-state index in [-0.39, 0.29) is 12.3 Å². The molecule has 0 saturated carbocycles. The van der Waals surface area contributed by atoms with Crippen LogP contribution in [0.2, 0.25) is 0 Å². The van der Waals surface area contributed by atoms with Crippen molar-refractivity contribution < 1.29 is 18.8 Å². The van der Waals surface area contributed by atoms with E-state index in [0.717, 1.165) is 36.7 Å². The molecule has 29 heavy (non-hydrogen) atoms. The Balaban J connectivity index is 1.30. The molecule has 0 aliphatic carbocycles. The maximum Gasteiger partial charge on any atom is 0.226 e. The van der Waals surface area contributed by atoms with Crippen LogP contribution in [-0.4, -0.2) is 30.8 Å². The van der Waals surface area contributed by atoms with Gasteiger partial charge >= 0.3 is 0 Å². The molecule has 1 unspecified atom stereocenters. The van der Waals surface area contributed by atoms with Gasteiger partial charge in [-0.1, -0.05) is 35.5 Å². The van der Waals surface area contributed by atoms with Crippen LogP contribution in [0, 0.1) is 5.92 Å². The number of hydrogen-bond donors (Lipinski definition) is 1. The molecule has 2 aromatic carbocycles. The number of hydrogen-bond acceptors (Lipinski definition) is 5. The number of rotatable bonds is 8. The monoisotopic (exact) mass is 392 g/mol. The summed E-state index contributed by atoms with van der Waals surface area (Å²) in [6.07, 6.45) is 1.80. The second kappa shape index (κ2) is 9.39. The first-order valence-corrected chi connectivity index (χ1v) is 9.85. The van der Waals surface area contributed by atoms with Crippen molar-refractivity contribution in [1.29, 1.82) is 0 Å². The SMILES string of the molecule is O=C(Cc1cc(Cc2cccc(Oc3ccccc3)c2)on1)NCC1CCOC1. The van der Waals surface area contributed by atoms with Gasteiger partial charge in [-0.15, -0.1) is 0 Å². The number of ether oxygens (including phenoxy) is 2. The van der Waals surface area contributed by atoms with Crippen molar-refractivity contribution in [3.63, 3.8) is 0 Å². The van der Waals surface area contributed by atoms with Crippen LogP contribution in [0.3, 0.4) is 0 Å². The van der Waals surface area contributed by atoms with Gasteiger partial charge in [0.1, 0.15) is 17.3 Å². The van der Waals surface area contributed by atoms with Crippen LogP contribution in [0.1, 0.15) is 23.4 Å². The highest BCUT2D eigenvalue weighted by Gasteiger charge is 2.17. The van der Waals surface area contributed by atoms with Crippen molar-refractivity contribution >= 4 is 5.91 Å². The zero-order valence-corrected chi connectivity index (χ0v) is 16.2. The Kier molecular flexibility index (Phi) is 6.22. The van der Waals surface area contributed by atoms with E-state index in [4.69, 9.17) is 14.0 Å². The lowest BCUT2D eigenvalue weighted by Crippen LogP contribution is -2.30. The normalized spacial score (nSPS) is 15.9. The molecule has 1 aliphatic heterocycles. The highest BCUT2D eigenvalue weighted by atomic mass is 16.5. The summed E-state index contributed by atoms with van der Waals surface area (Å²) in [6.45, 7) is 2.16. The molecule has 1 amide bonds. The average Bonchev–Trinajstić information content (AvgIpc) is 3.40. The predicted molar refractivity (Wildman–Crippen MR) is 108 cm³/mol. The smallest absolute Gasteiger partial charge is 0.226 e. The number of aromatic nitrogens is 1. The number of benzene rings is 2. The second-order valence-electron chi connectivity index (χ2n) is 7.23. The molecule has 1 saturated heterocycles. The summed E-state index contributed by atoms with van der Waals surface area (Å²) in [5.41, 5.74) is 1.68. The summed E-state index contributed by atoms with van der Waals surface area (Å²) in [6, 6.07) is 19.4. The van der Waals surface area contributed by atoms with Gasteiger partial charge < -0.3 is 19.3 Å². The molecule has 6 nitrogen and oxygen atoms in total. The third-order valence-corrected chi connectivity index (χ3v) is 4.82. The number of amides is 1. The number of nitrogens with one attached hydrogen (secondary N) is 1. The van der Waals surface area contributed by atoms with Gasteiger partial charge in [-0.2, -0.15) is 0 Å². The third-order valence-electron chi connectivity index (χ3n) is 4.82. The summed E-state index contributed by atoms with van der Waals surface area (Å²) in [4.78, 5) is 12.1. The zero-order valence-electron chi connectivity index (χ0n) is 16.2. The fraction of sp³-hybridized carbons (Fsp3) is 0.304. The number of nitrogens with zero attached hydrogens (tertiary/aromatic N) is 1. The number of carbonyl (C=O) groups excluding carboxylic acids is 1. The maximum atomic E-state index is 12.1. The van der Waals surface area contributed by atoms with Crippen LogP contribution >= 0.6 is 0 Å². The van der Waals surface area contributed by atoms with E-state index in [2.05, 4.69) is 10.5 Å². The van der Waals surface area contributed by atoms with Gasteiger partial charge in [0, 0.05) is 31.6 Å². The van der Waals surface area contributed by atoms with E-state index in [1.807, 2.05) is 60.7 Å². The highest BCUT2D eigenvalue weighted by Crippen LogP contribution is 2.23. The van der Waals surface area contributed by atoms with Crippen LogP contribution in [0.15, 0.2) is 65.2 Å². The Morgan fingerprint density at radius 3 is 2.79 bits per heavy atom. The van der Waals surface area contributed by atoms with Gasteiger partial charge in [0.25, 0.3) is 0 Å². The summed E-state index contributed by atoms with van der Waals surface area (Å²) in [5.74, 6) is 2.64. The first kappa shape index (κ1) is 19.2. The van der Waals surface area contributed by atoms with E-state index < -0.39 is 0 Å². The molecule has 4 rings (SSSR count). The maximum absolute atomic E-state index is 12.1. The Bertz CT molecular complexity index is 933. The van der Waals surface area contributed by atoms with Crippen LogP contribution in [0.25, 0.3) is 0 Å². The summed E-state index contributed by atoms with van der Waals surface area (Å²) < 4.78 is 16.6. The van der Waals surface area contributed by atoms with E-state index in [1.54, 1.807) is 0 Å². The summed E-state index contributed by atoms with van der Waals surface area (Å²) >= 11 is 0. The Morgan fingerprint density at radius 1 is 1.10 bits per heavy atom. The molecule has 6 heteroatoms. The minimum absolute atomic E-state index is 0.0463. The molecule has 1 fully saturated rings. The molecule has 0 bridgehead atoms. The Hall–Kier alpha value is -3.12. The molecular formula is C23H24N2O4. The van der Waals surface area contributed by atoms with Crippen LogP contribution < -0.4 is 10.1 Å². The van der Waals surface area contributed by atoms with Gasteiger partial charge in [-0.05, 0) is 36.2 Å². The number of para-hydroxylation sites is 1. The molecule has 1 aliphatic rings. The quantitative estimate of drug-likeness (QED) is 0.632. The zero-order chi connectivity index (χ0) is 19.9. The molecule has 3 aromatic rings. The van der Waals surface area contributed by atoms with Crippen molar-refractivity contribution in [2.75, 3.05) is 19.8 Å². The van der Waals surface area contributed by atoms with Gasteiger partial charge in [-0.3, -0.25) is 4.79 Å². The Morgan fingerprint density at radius 2 is 1.97 bits per heavy atom. The first-order valence-electron chi connectivity index (χ1n) is 9.85. The molecule has 1 aromatic heterocycles. The summed E-state index contributed by atoms with van der Waals surface area (Å²) in [5, 5.41) is 6.98. The van der Waals surface area contributed by atoms with Crippen molar-refractivity contribution in [2.24, 2.45) is 5.92 Å². The van der Waals surface area contributed by atoms with Gasteiger partial charge in [0.05, 0.1) is 18.7 Å². The van der Waals surface area contributed by atoms with Crippen LogP contribution in [0.4, 0.5) is 0 Å². The molecular weight excluding hydrogens is 368 g/mol. The Labute approximate surface area is 169 Å². The van der Waals surface area contributed by atoms with Crippen molar-refractivity contribution in [3.8, 4) is 11.5 Å². The third kappa shape index (κ3) is 5.68. The lowest BCUT2D eigenvalue weighted by atomic mass is 10.1. The van der Waals surface area contributed by atoms with Crippen molar-refractivity contribution in [2.45, 2.75) is 19.3 Å². The summed E-state index contributed by atoms with van der Waals surface area (Å²) in [7, 11) is 0. The standard InChI is InChI=1S/C23H24N2O4/c26-23(24-15-18-9-10-27-16-18)14-19-13-22(29-25-19)12-17-5-4-8-21(11-17)28-20-6-2-1-3-7-20/h1-8,11,13,18H,9-10,12,14-16H2,(H,24,26). The topological polar surface area (TPSA) is 73.6 Å². The van der Waals surface area contributed by atoms with Gasteiger partial charge in [-0.25, -0.2) is 0 Å². The molecule has 150 valence electrons. The van der Waals surface area contributed by atoms with Gasteiger partial charge in [0.2, 0.25) is 5.91 Å². The lowest BCUT2D eigenvalue weighted by molar-refractivity contribution is -0.120. The largest absolute Gasteiger partial charge is 0.457 e. The van der Waals surface area contributed by atoms with E-state index in [0.29, 0.717) is 30.3 Å².